The number of fused-ring (bicyclic) bond motifs is 1. The molecule has 0 aliphatic heterocycles. The fourth-order valence-electron chi connectivity index (χ4n) is 2.13. The molecule has 0 atom stereocenters. The molecule has 4 nitrogen and oxygen atoms in total. The second-order valence-electron chi connectivity index (χ2n) is 4.40. The van der Waals surface area contributed by atoms with Gasteiger partial charge in [0.05, 0.1) is 24.2 Å². The molecule has 1 N–H and O–H groups in total. The molecule has 2 aromatic rings. The number of ether oxygens (including phenoxy) is 1. The van der Waals surface area contributed by atoms with Crippen LogP contribution in [0.4, 0.5) is 8.78 Å². The number of benzene rings is 1. The lowest BCUT2D eigenvalue weighted by Crippen LogP contribution is -2.22. The predicted molar refractivity (Wildman–Crippen MR) is 73.9 cm³/mol. The van der Waals surface area contributed by atoms with Crippen molar-refractivity contribution in [3.8, 4) is 0 Å². The molecular weight excluding hydrogens is 264 g/mol. The Morgan fingerprint density at radius 3 is 2.90 bits per heavy atom. The van der Waals surface area contributed by atoms with Crippen LogP contribution in [-0.2, 0) is 17.8 Å². The van der Waals surface area contributed by atoms with Gasteiger partial charge in [-0.25, -0.2) is 13.8 Å². The van der Waals surface area contributed by atoms with Crippen LogP contribution in [-0.4, -0.2) is 35.7 Å². The van der Waals surface area contributed by atoms with Crippen LogP contribution in [0.25, 0.3) is 11.0 Å². The highest BCUT2D eigenvalue weighted by Crippen LogP contribution is 2.15. The van der Waals surface area contributed by atoms with Gasteiger partial charge in [0.1, 0.15) is 12.4 Å². The highest BCUT2D eigenvalue weighted by Gasteiger charge is 2.08. The van der Waals surface area contributed by atoms with Gasteiger partial charge in [-0.3, -0.25) is 0 Å². The number of halogens is 2. The molecule has 1 aromatic heterocycles. The molecule has 0 saturated carbocycles. The molecule has 1 aromatic carbocycles. The van der Waals surface area contributed by atoms with E-state index in [0.717, 1.165) is 23.4 Å². The van der Waals surface area contributed by atoms with Crippen LogP contribution in [0.5, 0.6) is 0 Å². The Kier molecular flexibility index (Phi) is 5.43. The van der Waals surface area contributed by atoms with Gasteiger partial charge < -0.3 is 14.6 Å². The molecule has 110 valence electrons. The van der Waals surface area contributed by atoms with Gasteiger partial charge in [0.2, 0.25) is 0 Å². The van der Waals surface area contributed by atoms with Crippen molar-refractivity contribution in [2.24, 2.45) is 0 Å². The Morgan fingerprint density at radius 2 is 2.15 bits per heavy atom. The standard InChI is InChI=1S/C14H19F2N3O/c1-2-19-12-6-4-3-5-11(12)18-14(19)9-17-7-8-20-10-13(15)16/h3-6,13,17H,2,7-10H2,1H3. The van der Waals surface area contributed by atoms with E-state index in [0.29, 0.717) is 13.1 Å². The van der Waals surface area contributed by atoms with Crippen LogP contribution >= 0.6 is 0 Å². The van der Waals surface area contributed by atoms with Crippen LogP contribution in [0.1, 0.15) is 12.7 Å². The van der Waals surface area contributed by atoms with E-state index >= 15 is 0 Å². The van der Waals surface area contributed by atoms with Crippen molar-refractivity contribution in [3.63, 3.8) is 0 Å². The van der Waals surface area contributed by atoms with E-state index in [2.05, 4.69) is 21.8 Å². The first-order valence-electron chi connectivity index (χ1n) is 6.73. The molecule has 2 rings (SSSR count). The lowest BCUT2D eigenvalue weighted by atomic mass is 10.3. The fraction of sp³-hybridized carbons (Fsp3) is 0.500. The fourth-order valence-corrected chi connectivity index (χ4v) is 2.13. The summed E-state index contributed by atoms with van der Waals surface area (Å²) in [4.78, 5) is 4.57. The van der Waals surface area contributed by atoms with Gasteiger partial charge in [-0.2, -0.15) is 0 Å². The smallest absolute Gasteiger partial charge is 0.261 e. The van der Waals surface area contributed by atoms with E-state index < -0.39 is 13.0 Å². The summed E-state index contributed by atoms with van der Waals surface area (Å²) in [7, 11) is 0. The minimum Gasteiger partial charge on any atom is -0.374 e. The summed E-state index contributed by atoms with van der Waals surface area (Å²) in [5.41, 5.74) is 2.08. The first kappa shape index (κ1) is 14.9. The van der Waals surface area contributed by atoms with Crippen molar-refractivity contribution in [3.05, 3.63) is 30.1 Å². The van der Waals surface area contributed by atoms with Crippen molar-refractivity contribution in [2.45, 2.75) is 26.4 Å². The van der Waals surface area contributed by atoms with Gasteiger partial charge in [-0.05, 0) is 19.1 Å². The van der Waals surface area contributed by atoms with Crippen molar-refractivity contribution in [1.82, 2.24) is 14.9 Å². The summed E-state index contributed by atoms with van der Waals surface area (Å²) in [6.45, 7) is 3.81. The molecule has 6 heteroatoms. The zero-order chi connectivity index (χ0) is 14.4. The average Bonchev–Trinajstić information content (AvgIpc) is 2.79. The summed E-state index contributed by atoms with van der Waals surface area (Å²) in [5.74, 6) is 0.947. The third kappa shape index (κ3) is 3.74. The maximum absolute atomic E-state index is 11.9. The number of nitrogens with one attached hydrogen (secondary N) is 1. The highest BCUT2D eigenvalue weighted by molar-refractivity contribution is 5.75. The summed E-state index contributed by atoms with van der Waals surface area (Å²) in [6, 6.07) is 7.98. The molecule has 0 spiro atoms. The normalized spacial score (nSPS) is 11.6. The van der Waals surface area contributed by atoms with Crippen LogP contribution in [0, 0.1) is 0 Å². The minimum atomic E-state index is -2.40. The van der Waals surface area contributed by atoms with Gasteiger partial charge in [0.25, 0.3) is 6.43 Å². The quantitative estimate of drug-likeness (QED) is 0.756. The third-order valence-electron chi connectivity index (χ3n) is 3.00. The van der Waals surface area contributed by atoms with Crippen LogP contribution < -0.4 is 5.32 Å². The largest absolute Gasteiger partial charge is 0.374 e. The molecule has 0 saturated heterocycles. The van der Waals surface area contributed by atoms with E-state index in [9.17, 15) is 8.78 Å². The van der Waals surface area contributed by atoms with E-state index in [1.54, 1.807) is 0 Å². The Balaban J connectivity index is 1.86. The van der Waals surface area contributed by atoms with Gasteiger partial charge in [0, 0.05) is 13.1 Å². The predicted octanol–water partition coefficient (Wildman–Crippen LogP) is 2.43. The van der Waals surface area contributed by atoms with E-state index in [4.69, 9.17) is 4.74 Å². The molecule has 20 heavy (non-hydrogen) atoms. The average molecular weight is 283 g/mol. The molecule has 1 heterocycles. The van der Waals surface area contributed by atoms with Crippen LogP contribution in [0.3, 0.4) is 0 Å². The highest BCUT2D eigenvalue weighted by atomic mass is 19.3. The maximum atomic E-state index is 11.9. The molecule has 0 fully saturated rings. The zero-order valence-corrected chi connectivity index (χ0v) is 11.5. The van der Waals surface area contributed by atoms with E-state index in [-0.39, 0.29) is 6.61 Å². The molecule has 0 bridgehead atoms. The minimum absolute atomic E-state index is 0.274. The Hall–Kier alpha value is -1.53. The van der Waals surface area contributed by atoms with Crippen LogP contribution in [0.15, 0.2) is 24.3 Å². The maximum Gasteiger partial charge on any atom is 0.261 e. The summed E-state index contributed by atoms with van der Waals surface area (Å²) in [5, 5.41) is 3.16. The molecule has 0 aliphatic rings. The van der Waals surface area contributed by atoms with Crippen LogP contribution in [0.2, 0.25) is 0 Å². The number of nitrogens with zero attached hydrogens (tertiary/aromatic N) is 2. The Morgan fingerprint density at radius 1 is 1.35 bits per heavy atom. The van der Waals surface area contributed by atoms with E-state index in [1.807, 2.05) is 24.3 Å². The summed E-state index contributed by atoms with van der Waals surface area (Å²) in [6.07, 6.45) is -2.40. The number of imidazole rings is 1. The summed E-state index contributed by atoms with van der Waals surface area (Å²) >= 11 is 0. The third-order valence-corrected chi connectivity index (χ3v) is 3.00. The Bertz CT molecular complexity index is 542. The second kappa shape index (κ2) is 7.31. The molecule has 0 aliphatic carbocycles. The molecule has 0 amide bonds. The van der Waals surface area contributed by atoms with E-state index in [1.165, 1.54) is 0 Å². The van der Waals surface area contributed by atoms with Gasteiger partial charge in [-0.1, -0.05) is 12.1 Å². The number of hydrogen-bond donors (Lipinski definition) is 1. The zero-order valence-electron chi connectivity index (χ0n) is 11.5. The lowest BCUT2D eigenvalue weighted by Gasteiger charge is -2.08. The number of alkyl halides is 2. The van der Waals surface area contributed by atoms with Gasteiger partial charge >= 0.3 is 0 Å². The first-order valence-corrected chi connectivity index (χ1v) is 6.73. The number of aryl methyl sites for hydroxylation is 1. The number of hydrogen-bond acceptors (Lipinski definition) is 3. The molecule has 0 radical (unpaired) electrons. The number of para-hydroxylation sites is 2. The first-order chi connectivity index (χ1) is 9.72. The second-order valence-corrected chi connectivity index (χ2v) is 4.40. The van der Waals surface area contributed by atoms with Crippen molar-refractivity contribution < 1.29 is 13.5 Å². The van der Waals surface area contributed by atoms with Crippen molar-refractivity contribution >= 4 is 11.0 Å². The monoisotopic (exact) mass is 283 g/mol. The lowest BCUT2D eigenvalue weighted by molar-refractivity contribution is 0.0186. The number of aromatic nitrogens is 2. The molecule has 0 unspecified atom stereocenters. The topological polar surface area (TPSA) is 39.1 Å². The van der Waals surface area contributed by atoms with Crippen molar-refractivity contribution in [1.29, 1.82) is 0 Å². The summed E-state index contributed by atoms with van der Waals surface area (Å²) < 4.78 is 30.7. The Labute approximate surface area is 116 Å². The SMILES string of the molecule is CCn1c(CNCCOCC(F)F)nc2ccccc21. The molecular formula is C14H19F2N3O. The van der Waals surface area contributed by atoms with Crippen molar-refractivity contribution in [2.75, 3.05) is 19.8 Å². The number of rotatable bonds is 8. The van der Waals surface area contributed by atoms with Gasteiger partial charge in [-0.15, -0.1) is 0 Å². The van der Waals surface area contributed by atoms with Gasteiger partial charge in [0.15, 0.2) is 0 Å².